The van der Waals surface area contributed by atoms with Crippen molar-refractivity contribution in [3.63, 3.8) is 0 Å². The molecule has 3 aliphatic rings. The van der Waals surface area contributed by atoms with Crippen molar-refractivity contribution < 1.29 is 34.7 Å². The third-order valence-electron chi connectivity index (χ3n) is 5.98. The predicted molar refractivity (Wildman–Crippen MR) is 104 cm³/mol. The average molecular weight is 440 g/mol. The second-order valence-electron chi connectivity index (χ2n) is 7.30. The van der Waals surface area contributed by atoms with E-state index in [9.17, 15) is 45.3 Å². The topological polar surface area (TPSA) is 190 Å². The van der Waals surface area contributed by atoms with Gasteiger partial charge in [0.25, 0.3) is 11.4 Å². The molecule has 0 aromatic carbocycles. The number of nitro groups is 2. The van der Waals surface area contributed by atoms with Crippen molar-refractivity contribution in [2.45, 2.75) is 26.8 Å². The highest BCUT2D eigenvalue weighted by atomic mass is 16.8. The maximum Gasteiger partial charge on any atom is 0.263 e. The number of Topliss-reactive ketones (excluding diaryl/α,β-unsaturated/α-hetero) is 1. The number of hydrogen-bond donors (Lipinski definition) is 2. The van der Waals surface area contributed by atoms with Crippen molar-refractivity contribution in [3.05, 3.63) is 49.0 Å². The number of aliphatic hydroxyl groups is 1. The summed E-state index contributed by atoms with van der Waals surface area (Å²) in [5, 5.41) is 53.1. The molecule has 31 heavy (non-hydrogen) atoms. The Kier molecular flexibility index (Phi) is 7.10. The maximum atomic E-state index is 12.4. The molecule has 3 aliphatic carbocycles. The van der Waals surface area contributed by atoms with E-state index in [2.05, 4.69) is 25.7 Å². The van der Waals surface area contributed by atoms with Gasteiger partial charge >= 0.3 is 0 Å². The zero-order valence-corrected chi connectivity index (χ0v) is 17.2. The van der Waals surface area contributed by atoms with Crippen molar-refractivity contribution in [1.29, 1.82) is 0 Å². The number of carbonyl (C=O) groups is 2. The number of hydrogen-bond acceptors (Lipinski definition) is 10. The molecule has 5 atom stereocenters. The standard InChI is InChI=1S/C12H9N3O9.C6H15N/c16-5-2-6(17)10-8-4(14(21)22)1-3(13(19)20)7(9(5)12(10)18)11(8)15(23)24;1-4-7(5-2)6-3/h1-2,7-11,16H,(H,21,22);4-6H2,1-3H3. The number of nitrogens with zero attached hydrogens (tertiary/aromatic N) is 4. The first kappa shape index (κ1) is 23.9. The van der Waals surface area contributed by atoms with Crippen LogP contribution in [-0.4, -0.2) is 72.9 Å². The van der Waals surface area contributed by atoms with Gasteiger partial charge < -0.3 is 15.2 Å². The van der Waals surface area contributed by atoms with Gasteiger partial charge in [-0.3, -0.25) is 35.0 Å². The van der Waals surface area contributed by atoms with E-state index in [0.717, 1.165) is 0 Å². The quantitative estimate of drug-likeness (QED) is 0.201. The molecule has 2 N–H and O–H groups in total. The fraction of sp³-hybridized carbons (Fsp3) is 0.611. The van der Waals surface area contributed by atoms with Crippen molar-refractivity contribution in [2.24, 2.45) is 23.7 Å². The van der Waals surface area contributed by atoms with Crippen LogP contribution in [0.4, 0.5) is 0 Å². The van der Waals surface area contributed by atoms with E-state index < -0.39 is 73.2 Å². The van der Waals surface area contributed by atoms with Gasteiger partial charge in [0.05, 0.1) is 16.9 Å². The molecule has 0 spiro atoms. The largest absolute Gasteiger partial charge is 0.511 e. The Bertz CT molecular complexity index is 881. The first-order valence-electron chi connectivity index (χ1n) is 9.74. The van der Waals surface area contributed by atoms with E-state index in [4.69, 9.17) is 0 Å². The highest BCUT2D eigenvalue weighted by Crippen LogP contribution is 2.49. The molecule has 13 heteroatoms. The van der Waals surface area contributed by atoms with Crippen LogP contribution in [0.25, 0.3) is 0 Å². The van der Waals surface area contributed by atoms with Crippen LogP contribution in [0.5, 0.6) is 0 Å². The summed E-state index contributed by atoms with van der Waals surface area (Å²) >= 11 is 0. The summed E-state index contributed by atoms with van der Waals surface area (Å²) in [6.07, 6.45) is 1.31. The van der Waals surface area contributed by atoms with Crippen LogP contribution in [0.2, 0.25) is 0 Å². The Labute approximate surface area is 176 Å². The molecule has 0 aliphatic heterocycles. The highest BCUT2D eigenvalue weighted by molar-refractivity contribution is 6.17. The molecule has 0 heterocycles. The lowest BCUT2D eigenvalue weighted by Gasteiger charge is -2.41. The Morgan fingerprint density at radius 3 is 1.90 bits per heavy atom. The molecule has 3 rings (SSSR count). The molecule has 13 nitrogen and oxygen atoms in total. The predicted octanol–water partition coefficient (Wildman–Crippen LogP) is 0.567. The first-order valence-corrected chi connectivity index (χ1v) is 9.74. The molecule has 1 fully saturated rings. The highest BCUT2D eigenvalue weighted by Gasteiger charge is 2.69. The van der Waals surface area contributed by atoms with Crippen LogP contribution in [0.3, 0.4) is 0 Å². The van der Waals surface area contributed by atoms with E-state index >= 15 is 0 Å². The van der Waals surface area contributed by atoms with Gasteiger partial charge in [-0.2, -0.15) is 0 Å². The summed E-state index contributed by atoms with van der Waals surface area (Å²) in [6, 6.07) is -1.89. The molecule has 0 saturated heterocycles. The summed E-state index contributed by atoms with van der Waals surface area (Å²) in [7, 11) is 0. The van der Waals surface area contributed by atoms with Gasteiger partial charge in [-0.25, -0.2) is 0 Å². The van der Waals surface area contributed by atoms with Gasteiger partial charge in [0.2, 0.25) is 6.04 Å². The Balaban J connectivity index is 0.000000423. The van der Waals surface area contributed by atoms with Crippen LogP contribution in [0.1, 0.15) is 20.8 Å². The lowest BCUT2D eigenvalue weighted by atomic mass is 9.56. The number of carbonyl (C=O) groups excluding carboxylic acids is 2. The second kappa shape index (κ2) is 9.20. The van der Waals surface area contributed by atoms with Gasteiger partial charge in [0.1, 0.15) is 23.5 Å². The maximum absolute atomic E-state index is 12.4. The van der Waals surface area contributed by atoms with E-state index in [1.807, 2.05) is 0 Å². The monoisotopic (exact) mass is 440 g/mol. The smallest absolute Gasteiger partial charge is 0.263 e. The number of allylic oxidation sites excluding steroid dienone is 3. The van der Waals surface area contributed by atoms with Crippen molar-refractivity contribution >= 4 is 17.3 Å². The first-order chi connectivity index (χ1) is 14.5. The van der Waals surface area contributed by atoms with Gasteiger partial charge in [0.15, 0.2) is 11.6 Å². The van der Waals surface area contributed by atoms with Crippen LogP contribution < -0.4 is 0 Å². The van der Waals surface area contributed by atoms with Gasteiger partial charge in [-0.15, -0.1) is 0 Å². The number of ketones is 2. The van der Waals surface area contributed by atoms with Gasteiger partial charge in [0, 0.05) is 15.9 Å². The third-order valence-corrected chi connectivity index (χ3v) is 5.98. The Morgan fingerprint density at radius 2 is 1.52 bits per heavy atom. The second-order valence-corrected chi connectivity index (χ2v) is 7.30. The summed E-state index contributed by atoms with van der Waals surface area (Å²) in [6.45, 7) is 10.1. The minimum atomic E-state index is -1.89. The zero-order chi connectivity index (χ0) is 23.6. The third kappa shape index (κ3) is 4.13. The SMILES string of the molecule is CCN(CC)CC.O=C1C=C(O)C2C(=O)C1C1/C(=[N+](/[O-])O)C=C([N+](=O)[O-])C2C1[N+](=O)[O-]. The van der Waals surface area contributed by atoms with E-state index in [1.165, 1.54) is 19.6 Å². The summed E-state index contributed by atoms with van der Waals surface area (Å²) in [5.74, 6) is -9.28. The van der Waals surface area contributed by atoms with Crippen molar-refractivity contribution in [1.82, 2.24) is 4.90 Å². The van der Waals surface area contributed by atoms with Crippen LogP contribution in [0.15, 0.2) is 23.6 Å². The Hall–Kier alpha value is -3.35. The lowest BCUT2D eigenvalue weighted by molar-refractivity contribution is -0.728. The molecule has 0 aromatic rings. The fourth-order valence-corrected chi connectivity index (χ4v) is 4.46. The molecule has 0 radical (unpaired) electrons. The summed E-state index contributed by atoms with van der Waals surface area (Å²) in [5.41, 5.74) is -1.66. The molecule has 0 aromatic heterocycles. The average Bonchev–Trinajstić information content (AvgIpc) is 2.68. The molecule has 1 saturated carbocycles. The van der Waals surface area contributed by atoms with Crippen LogP contribution in [0, 0.1) is 49.1 Å². The fourth-order valence-electron chi connectivity index (χ4n) is 4.46. The van der Waals surface area contributed by atoms with Crippen LogP contribution in [-0.2, 0) is 9.59 Å². The zero-order valence-electron chi connectivity index (χ0n) is 17.2. The molecular formula is C18H24N4O9. The van der Waals surface area contributed by atoms with Crippen molar-refractivity contribution in [2.75, 3.05) is 19.6 Å². The normalized spacial score (nSPS) is 30.6. The van der Waals surface area contributed by atoms with Gasteiger partial charge in [-0.05, 0) is 19.6 Å². The Morgan fingerprint density at radius 1 is 0.968 bits per heavy atom. The molecule has 5 unspecified atom stereocenters. The van der Waals surface area contributed by atoms with E-state index in [1.54, 1.807) is 0 Å². The number of fused-ring (bicyclic) bond motifs is 6. The van der Waals surface area contributed by atoms with Crippen molar-refractivity contribution in [3.8, 4) is 0 Å². The molecule has 170 valence electrons. The lowest BCUT2D eigenvalue weighted by Crippen LogP contribution is -2.63. The number of rotatable bonds is 5. The minimum Gasteiger partial charge on any atom is -0.511 e. The summed E-state index contributed by atoms with van der Waals surface area (Å²) < 4.78 is 0. The van der Waals surface area contributed by atoms with E-state index in [0.29, 0.717) is 12.2 Å². The molecule has 0 amide bonds. The number of aliphatic hydroxyl groups excluding tert-OH is 1. The summed E-state index contributed by atoms with van der Waals surface area (Å²) in [4.78, 5) is 46.8. The minimum absolute atomic E-state index is 0.626. The molecule has 4 bridgehead atoms. The van der Waals surface area contributed by atoms with Gasteiger partial charge in [-0.1, -0.05) is 20.8 Å². The van der Waals surface area contributed by atoms with E-state index in [-0.39, 0.29) is 0 Å². The van der Waals surface area contributed by atoms with Crippen LogP contribution >= 0.6 is 0 Å². The molecular weight excluding hydrogens is 416 g/mol.